The minimum absolute atomic E-state index is 0.612. The lowest BCUT2D eigenvalue weighted by Crippen LogP contribution is -2.21. The highest BCUT2D eigenvalue weighted by molar-refractivity contribution is 5.57. The molecule has 0 spiro atoms. The summed E-state index contributed by atoms with van der Waals surface area (Å²) in [5, 5.41) is 3.61. The maximum Gasteiger partial charge on any atom is 0.0173 e. The Morgan fingerprint density at radius 3 is 2.65 bits per heavy atom. The van der Waals surface area contributed by atoms with E-state index >= 15 is 0 Å². The Balaban J connectivity index is 2.10. The van der Waals surface area contributed by atoms with E-state index in [9.17, 15) is 0 Å². The van der Waals surface area contributed by atoms with Crippen LogP contribution in [0.1, 0.15) is 37.8 Å². The van der Waals surface area contributed by atoms with Gasteiger partial charge in [0.05, 0.1) is 0 Å². The molecule has 1 aromatic rings. The summed E-state index contributed by atoms with van der Waals surface area (Å²) in [6, 6.07) is 9.39. The van der Waals surface area contributed by atoms with Crippen LogP contribution in [-0.4, -0.2) is 12.6 Å². The van der Waals surface area contributed by atoms with Crippen molar-refractivity contribution in [2.24, 2.45) is 5.92 Å². The standard InChI is InChI=1S/C16H23N/c1-12(2)15(11-17-16-8-9-16)10-14-7-5-4-6-13(14)3/h4-7,10,12,16-17H,8-9,11H2,1-3H3. The molecular formula is C16H23N. The molecule has 92 valence electrons. The largest absolute Gasteiger partial charge is 0.310 e. The van der Waals surface area contributed by atoms with Crippen LogP contribution in [0.3, 0.4) is 0 Å². The van der Waals surface area contributed by atoms with Gasteiger partial charge in [-0.1, -0.05) is 49.8 Å². The molecule has 0 radical (unpaired) electrons. The number of hydrogen-bond acceptors (Lipinski definition) is 1. The van der Waals surface area contributed by atoms with Crippen LogP contribution in [-0.2, 0) is 0 Å². The zero-order chi connectivity index (χ0) is 12.3. The van der Waals surface area contributed by atoms with Gasteiger partial charge in [-0.15, -0.1) is 0 Å². The van der Waals surface area contributed by atoms with Crippen molar-refractivity contribution in [2.75, 3.05) is 6.54 Å². The molecule has 1 saturated carbocycles. The van der Waals surface area contributed by atoms with Gasteiger partial charge in [0.15, 0.2) is 0 Å². The highest BCUT2D eigenvalue weighted by Crippen LogP contribution is 2.21. The van der Waals surface area contributed by atoms with Gasteiger partial charge in [0.25, 0.3) is 0 Å². The van der Waals surface area contributed by atoms with Crippen LogP contribution in [0.4, 0.5) is 0 Å². The molecule has 1 aromatic carbocycles. The lowest BCUT2D eigenvalue weighted by Gasteiger charge is -2.13. The molecule has 0 amide bonds. The minimum atomic E-state index is 0.612. The van der Waals surface area contributed by atoms with Gasteiger partial charge in [0.2, 0.25) is 0 Å². The lowest BCUT2D eigenvalue weighted by atomic mass is 9.98. The van der Waals surface area contributed by atoms with Crippen molar-refractivity contribution < 1.29 is 0 Å². The maximum absolute atomic E-state index is 3.61. The normalized spacial score (nSPS) is 16.6. The predicted molar refractivity (Wildman–Crippen MR) is 75.0 cm³/mol. The van der Waals surface area contributed by atoms with Gasteiger partial charge in [-0.3, -0.25) is 0 Å². The average molecular weight is 229 g/mol. The van der Waals surface area contributed by atoms with Gasteiger partial charge in [-0.25, -0.2) is 0 Å². The van der Waals surface area contributed by atoms with E-state index in [0.717, 1.165) is 12.6 Å². The van der Waals surface area contributed by atoms with Crippen molar-refractivity contribution in [3.63, 3.8) is 0 Å². The van der Waals surface area contributed by atoms with Crippen LogP contribution < -0.4 is 5.32 Å². The highest BCUT2D eigenvalue weighted by atomic mass is 14.9. The maximum atomic E-state index is 3.61. The predicted octanol–water partition coefficient (Wildman–Crippen LogP) is 3.79. The highest BCUT2D eigenvalue weighted by Gasteiger charge is 2.20. The van der Waals surface area contributed by atoms with Crippen LogP contribution in [0.5, 0.6) is 0 Å². The lowest BCUT2D eigenvalue weighted by molar-refractivity contribution is 0.662. The summed E-state index contributed by atoms with van der Waals surface area (Å²) in [6.07, 6.45) is 5.07. The first kappa shape index (κ1) is 12.4. The molecule has 1 aliphatic rings. The summed E-state index contributed by atoms with van der Waals surface area (Å²) < 4.78 is 0. The number of rotatable bonds is 5. The fourth-order valence-corrected chi connectivity index (χ4v) is 1.92. The molecule has 0 aliphatic heterocycles. The zero-order valence-electron chi connectivity index (χ0n) is 11.2. The molecule has 0 aromatic heterocycles. The molecule has 0 saturated heterocycles. The van der Waals surface area contributed by atoms with Crippen molar-refractivity contribution in [3.8, 4) is 0 Å². The van der Waals surface area contributed by atoms with E-state index < -0.39 is 0 Å². The van der Waals surface area contributed by atoms with E-state index in [4.69, 9.17) is 0 Å². The second-order valence-electron chi connectivity index (χ2n) is 5.39. The Morgan fingerprint density at radius 1 is 1.35 bits per heavy atom. The molecule has 0 bridgehead atoms. The Morgan fingerprint density at radius 2 is 2.06 bits per heavy atom. The molecule has 1 nitrogen and oxygen atoms in total. The summed E-state index contributed by atoms with van der Waals surface area (Å²) in [5.41, 5.74) is 4.22. The Kier molecular flexibility index (Phi) is 4.01. The molecule has 1 heteroatoms. The smallest absolute Gasteiger partial charge is 0.0173 e. The van der Waals surface area contributed by atoms with Crippen LogP contribution in [0, 0.1) is 12.8 Å². The van der Waals surface area contributed by atoms with E-state index in [1.54, 1.807) is 0 Å². The molecule has 2 rings (SSSR count). The second-order valence-corrected chi connectivity index (χ2v) is 5.39. The topological polar surface area (TPSA) is 12.0 Å². The number of aryl methyl sites for hydroxylation is 1. The van der Waals surface area contributed by atoms with E-state index in [1.807, 2.05) is 0 Å². The van der Waals surface area contributed by atoms with E-state index in [0.29, 0.717) is 5.92 Å². The quantitative estimate of drug-likeness (QED) is 0.810. The Hall–Kier alpha value is -1.08. The zero-order valence-corrected chi connectivity index (χ0v) is 11.2. The summed E-state index contributed by atoms with van der Waals surface area (Å²) in [4.78, 5) is 0. The third kappa shape index (κ3) is 3.71. The van der Waals surface area contributed by atoms with Gasteiger partial charge in [0.1, 0.15) is 0 Å². The third-order valence-corrected chi connectivity index (χ3v) is 3.44. The van der Waals surface area contributed by atoms with Gasteiger partial charge >= 0.3 is 0 Å². The van der Waals surface area contributed by atoms with E-state index in [2.05, 4.69) is 56.4 Å². The van der Waals surface area contributed by atoms with Crippen molar-refractivity contribution >= 4 is 6.08 Å². The molecule has 0 atom stereocenters. The van der Waals surface area contributed by atoms with E-state index in [1.165, 1.54) is 29.5 Å². The fourth-order valence-electron chi connectivity index (χ4n) is 1.92. The van der Waals surface area contributed by atoms with Crippen molar-refractivity contribution in [3.05, 3.63) is 41.0 Å². The first-order chi connectivity index (χ1) is 8.16. The second kappa shape index (κ2) is 5.50. The van der Waals surface area contributed by atoms with Gasteiger partial charge in [-0.2, -0.15) is 0 Å². The molecule has 17 heavy (non-hydrogen) atoms. The van der Waals surface area contributed by atoms with Crippen LogP contribution in [0.2, 0.25) is 0 Å². The minimum Gasteiger partial charge on any atom is -0.310 e. The average Bonchev–Trinajstić information content (AvgIpc) is 3.10. The number of benzene rings is 1. The number of nitrogens with one attached hydrogen (secondary N) is 1. The first-order valence-electron chi connectivity index (χ1n) is 6.66. The Bertz CT molecular complexity index is 400. The molecule has 0 unspecified atom stereocenters. The summed E-state index contributed by atoms with van der Waals surface area (Å²) in [6.45, 7) is 7.77. The van der Waals surface area contributed by atoms with Crippen LogP contribution in [0.15, 0.2) is 29.8 Å². The third-order valence-electron chi connectivity index (χ3n) is 3.44. The fraction of sp³-hybridized carbons (Fsp3) is 0.500. The summed E-state index contributed by atoms with van der Waals surface area (Å²) in [7, 11) is 0. The monoisotopic (exact) mass is 229 g/mol. The summed E-state index contributed by atoms with van der Waals surface area (Å²) >= 11 is 0. The van der Waals surface area contributed by atoms with Crippen molar-refractivity contribution in [1.82, 2.24) is 5.32 Å². The van der Waals surface area contributed by atoms with Crippen molar-refractivity contribution in [1.29, 1.82) is 0 Å². The SMILES string of the molecule is Cc1ccccc1C=C(CNC1CC1)C(C)C. The van der Waals surface area contributed by atoms with Gasteiger partial charge < -0.3 is 5.32 Å². The molecule has 1 fully saturated rings. The first-order valence-corrected chi connectivity index (χ1v) is 6.66. The Labute approximate surface area is 105 Å². The van der Waals surface area contributed by atoms with E-state index in [-0.39, 0.29) is 0 Å². The van der Waals surface area contributed by atoms with Crippen LogP contribution in [0.25, 0.3) is 6.08 Å². The number of hydrogen-bond donors (Lipinski definition) is 1. The van der Waals surface area contributed by atoms with Crippen molar-refractivity contribution in [2.45, 2.75) is 39.7 Å². The van der Waals surface area contributed by atoms with Gasteiger partial charge in [0, 0.05) is 12.6 Å². The molecule has 1 N–H and O–H groups in total. The molecular weight excluding hydrogens is 206 g/mol. The summed E-state index contributed by atoms with van der Waals surface area (Å²) in [5.74, 6) is 0.612. The molecule has 1 aliphatic carbocycles. The van der Waals surface area contributed by atoms with Crippen LogP contribution >= 0.6 is 0 Å². The van der Waals surface area contributed by atoms with Gasteiger partial charge in [-0.05, 0) is 36.8 Å². The molecule has 0 heterocycles.